The molecule has 102 valence electrons. The topological polar surface area (TPSA) is 29.9 Å². The number of halogens is 2. The van der Waals surface area contributed by atoms with Crippen LogP contribution in [0.4, 0.5) is 4.39 Å². The van der Waals surface area contributed by atoms with Gasteiger partial charge < -0.3 is 5.32 Å². The van der Waals surface area contributed by atoms with Gasteiger partial charge in [-0.1, -0.05) is 18.5 Å². The Balaban J connectivity index is 2.32. The van der Waals surface area contributed by atoms with E-state index in [2.05, 4.69) is 17.3 Å². The molecule has 1 N–H and O–H groups in total. The van der Waals surface area contributed by atoms with Crippen LogP contribution in [0.1, 0.15) is 18.9 Å². The van der Waals surface area contributed by atoms with Crippen LogP contribution in [0.3, 0.4) is 0 Å². The molecule has 19 heavy (non-hydrogen) atoms. The second-order valence-electron chi connectivity index (χ2n) is 4.48. The van der Waals surface area contributed by atoms with Crippen LogP contribution < -0.4 is 5.32 Å². The Morgan fingerprint density at radius 2 is 2.21 bits per heavy atom. The monoisotopic (exact) mass is 281 g/mol. The van der Waals surface area contributed by atoms with Gasteiger partial charge in [0, 0.05) is 30.9 Å². The van der Waals surface area contributed by atoms with E-state index in [-0.39, 0.29) is 5.82 Å². The van der Waals surface area contributed by atoms with Gasteiger partial charge in [0.25, 0.3) is 0 Å². The lowest BCUT2D eigenvalue weighted by Crippen LogP contribution is -2.13. The van der Waals surface area contributed by atoms with Crippen LogP contribution in [-0.2, 0) is 13.6 Å². The van der Waals surface area contributed by atoms with Crippen LogP contribution in [0.25, 0.3) is 11.3 Å². The van der Waals surface area contributed by atoms with Crippen LogP contribution in [0.2, 0.25) is 5.02 Å². The van der Waals surface area contributed by atoms with Crippen molar-refractivity contribution in [3.8, 4) is 11.3 Å². The minimum absolute atomic E-state index is 0.338. The van der Waals surface area contributed by atoms with Gasteiger partial charge in [0.15, 0.2) is 0 Å². The maximum atomic E-state index is 13.1. The van der Waals surface area contributed by atoms with Crippen LogP contribution in [0.15, 0.2) is 24.4 Å². The van der Waals surface area contributed by atoms with E-state index in [0.29, 0.717) is 5.02 Å². The van der Waals surface area contributed by atoms with Crippen molar-refractivity contribution in [3.05, 3.63) is 40.8 Å². The van der Waals surface area contributed by atoms with E-state index < -0.39 is 0 Å². The van der Waals surface area contributed by atoms with Crippen LogP contribution >= 0.6 is 11.6 Å². The summed E-state index contributed by atoms with van der Waals surface area (Å²) in [5, 5.41) is 8.14. The predicted molar refractivity (Wildman–Crippen MR) is 75.6 cm³/mol. The van der Waals surface area contributed by atoms with Crippen LogP contribution in [0, 0.1) is 5.82 Å². The average Bonchev–Trinajstić information content (AvgIpc) is 2.71. The highest BCUT2D eigenvalue weighted by Crippen LogP contribution is 2.29. The fraction of sp³-hybridized carbons (Fsp3) is 0.357. The van der Waals surface area contributed by atoms with E-state index in [0.717, 1.165) is 36.3 Å². The predicted octanol–water partition coefficient (Wildman–Crippen LogP) is 3.38. The number of hydrogen-bond donors (Lipinski definition) is 1. The van der Waals surface area contributed by atoms with E-state index >= 15 is 0 Å². The molecule has 0 aliphatic carbocycles. The Hall–Kier alpha value is -1.39. The van der Waals surface area contributed by atoms with Crippen molar-refractivity contribution in [3.63, 3.8) is 0 Å². The summed E-state index contributed by atoms with van der Waals surface area (Å²) in [6.07, 6.45) is 3.03. The summed E-state index contributed by atoms with van der Waals surface area (Å²) < 4.78 is 14.8. The molecule has 1 aromatic carbocycles. The Morgan fingerprint density at radius 3 is 2.89 bits per heavy atom. The lowest BCUT2D eigenvalue weighted by Gasteiger charge is -2.05. The quantitative estimate of drug-likeness (QED) is 0.852. The number of aromatic nitrogens is 2. The first-order chi connectivity index (χ1) is 9.11. The van der Waals surface area contributed by atoms with Gasteiger partial charge in [-0.05, 0) is 31.2 Å². The summed E-state index contributed by atoms with van der Waals surface area (Å²) in [5.41, 5.74) is 2.62. The first kappa shape index (κ1) is 14.0. The zero-order valence-electron chi connectivity index (χ0n) is 11.1. The molecule has 0 atom stereocenters. The molecule has 2 aromatic rings. The van der Waals surface area contributed by atoms with Gasteiger partial charge in [-0.25, -0.2) is 4.39 Å². The molecule has 0 fully saturated rings. The molecule has 1 aromatic heterocycles. The highest BCUT2D eigenvalue weighted by atomic mass is 35.5. The maximum Gasteiger partial charge on any atom is 0.124 e. The van der Waals surface area contributed by atoms with Gasteiger partial charge in [-0.2, -0.15) is 5.10 Å². The molecule has 0 radical (unpaired) electrons. The van der Waals surface area contributed by atoms with Crippen molar-refractivity contribution < 1.29 is 4.39 Å². The van der Waals surface area contributed by atoms with Gasteiger partial charge in [0.2, 0.25) is 0 Å². The van der Waals surface area contributed by atoms with Gasteiger partial charge >= 0.3 is 0 Å². The molecule has 0 saturated carbocycles. The summed E-state index contributed by atoms with van der Waals surface area (Å²) in [6, 6.07) is 4.39. The smallest absolute Gasteiger partial charge is 0.124 e. The third-order valence-corrected chi connectivity index (χ3v) is 3.15. The molecular weight excluding hydrogens is 265 g/mol. The lowest BCUT2D eigenvalue weighted by atomic mass is 10.1. The number of hydrogen-bond acceptors (Lipinski definition) is 2. The molecule has 0 unspecified atom stereocenters. The summed E-state index contributed by atoms with van der Waals surface area (Å²) in [7, 11) is 1.87. The van der Waals surface area contributed by atoms with E-state index in [1.54, 1.807) is 10.7 Å². The zero-order valence-corrected chi connectivity index (χ0v) is 11.8. The van der Waals surface area contributed by atoms with Gasteiger partial charge in [0.05, 0.1) is 10.7 Å². The molecular formula is C14H17ClFN3. The summed E-state index contributed by atoms with van der Waals surface area (Å²) in [5.74, 6) is -0.338. The number of nitrogens with one attached hydrogen (secondary N) is 1. The average molecular weight is 282 g/mol. The Labute approximate surface area is 117 Å². The second kappa shape index (κ2) is 6.17. The van der Waals surface area contributed by atoms with Crippen molar-refractivity contribution in [1.29, 1.82) is 0 Å². The Bertz CT molecular complexity index is 566. The summed E-state index contributed by atoms with van der Waals surface area (Å²) in [6.45, 7) is 3.80. The molecule has 0 saturated heterocycles. The number of aryl methyl sites for hydroxylation is 1. The minimum atomic E-state index is -0.338. The van der Waals surface area contributed by atoms with Crippen molar-refractivity contribution in [2.45, 2.75) is 19.9 Å². The first-order valence-electron chi connectivity index (χ1n) is 6.30. The van der Waals surface area contributed by atoms with Gasteiger partial charge in [-0.3, -0.25) is 4.68 Å². The van der Waals surface area contributed by atoms with Crippen LogP contribution in [-0.4, -0.2) is 16.3 Å². The van der Waals surface area contributed by atoms with Gasteiger partial charge in [0.1, 0.15) is 5.82 Å². The summed E-state index contributed by atoms with van der Waals surface area (Å²) >= 11 is 6.10. The minimum Gasteiger partial charge on any atom is -0.313 e. The Kier molecular flexibility index (Phi) is 4.56. The molecule has 5 heteroatoms. The normalized spacial score (nSPS) is 10.9. The van der Waals surface area contributed by atoms with E-state index in [1.807, 2.05) is 13.2 Å². The van der Waals surface area contributed by atoms with E-state index in [4.69, 9.17) is 11.6 Å². The van der Waals surface area contributed by atoms with Crippen molar-refractivity contribution in [2.24, 2.45) is 7.05 Å². The molecule has 0 bridgehead atoms. The molecule has 0 aliphatic rings. The van der Waals surface area contributed by atoms with Crippen molar-refractivity contribution in [1.82, 2.24) is 15.1 Å². The van der Waals surface area contributed by atoms with Crippen LogP contribution in [0.5, 0.6) is 0 Å². The maximum absolute atomic E-state index is 13.1. The number of benzene rings is 1. The number of nitrogens with zero attached hydrogens (tertiary/aromatic N) is 2. The standard InChI is InChI=1S/C14H17ClFN3/c1-3-6-17-8-10-9-19(2)18-14(10)12-5-4-11(16)7-13(12)15/h4-5,7,9,17H,3,6,8H2,1-2H3. The second-order valence-corrected chi connectivity index (χ2v) is 4.88. The fourth-order valence-corrected chi connectivity index (χ4v) is 2.23. The van der Waals surface area contributed by atoms with Crippen molar-refractivity contribution in [2.75, 3.05) is 6.54 Å². The lowest BCUT2D eigenvalue weighted by molar-refractivity contribution is 0.628. The molecule has 3 nitrogen and oxygen atoms in total. The highest BCUT2D eigenvalue weighted by Gasteiger charge is 2.13. The third kappa shape index (κ3) is 3.33. The Morgan fingerprint density at radius 1 is 1.42 bits per heavy atom. The van der Waals surface area contributed by atoms with Crippen molar-refractivity contribution >= 4 is 11.6 Å². The largest absolute Gasteiger partial charge is 0.313 e. The molecule has 2 rings (SSSR count). The molecule has 0 spiro atoms. The highest BCUT2D eigenvalue weighted by molar-refractivity contribution is 6.33. The molecule has 0 aliphatic heterocycles. The fourth-order valence-electron chi connectivity index (χ4n) is 1.98. The molecule has 1 heterocycles. The van der Waals surface area contributed by atoms with Gasteiger partial charge in [-0.15, -0.1) is 0 Å². The first-order valence-corrected chi connectivity index (χ1v) is 6.68. The number of rotatable bonds is 5. The van der Waals surface area contributed by atoms with E-state index in [9.17, 15) is 4.39 Å². The van der Waals surface area contributed by atoms with E-state index in [1.165, 1.54) is 12.1 Å². The molecule has 0 amide bonds. The summed E-state index contributed by atoms with van der Waals surface area (Å²) in [4.78, 5) is 0. The zero-order chi connectivity index (χ0) is 13.8. The third-order valence-electron chi connectivity index (χ3n) is 2.83. The SMILES string of the molecule is CCCNCc1cn(C)nc1-c1ccc(F)cc1Cl.